The number of imide groups is 1. The molecule has 1 saturated heterocycles. The molecule has 4 rings (SSSR count). The first-order chi connectivity index (χ1) is 14.8. The molecule has 2 atom stereocenters. The number of halogens is 1. The molecule has 1 fully saturated rings. The molecule has 0 saturated carbocycles. The van der Waals surface area contributed by atoms with Gasteiger partial charge >= 0.3 is 11.9 Å². The molecule has 1 aromatic carbocycles. The summed E-state index contributed by atoms with van der Waals surface area (Å²) in [5, 5.41) is 0.0751. The van der Waals surface area contributed by atoms with E-state index in [9.17, 15) is 19.2 Å². The molecule has 9 heteroatoms. The van der Waals surface area contributed by atoms with Gasteiger partial charge in [0.1, 0.15) is 5.15 Å². The van der Waals surface area contributed by atoms with E-state index in [1.165, 1.54) is 0 Å². The molecule has 2 heterocycles. The number of fused-ring (bicyclic) bond motifs is 2. The van der Waals surface area contributed by atoms with E-state index >= 15 is 0 Å². The van der Waals surface area contributed by atoms with E-state index in [4.69, 9.17) is 21.1 Å². The highest BCUT2D eigenvalue weighted by molar-refractivity contribution is 6.30. The largest absolute Gasteiger partial charge is 0.468 e. The molecular weight excluding hydrogens is 424 g/mol. The molecule has 1 aliphatic heterocycles. The van der Waals surface area contributed by atoms with Crippen LogP contribution in [-0.2, 0) is 40.5 Å². The minimum atomic E-state index is -2.25. The fourth-order valence-electron chi connectivity index (χ4n) is 4.63. The zero-order valence-corrected chi connectivity index (χ0v) is 17.8. The Morgan fingerprint density at radius 3 is 2.29 bits per heavy atom. The Morgan fingerprint density at radius 2 is 1.71 bits per heavy atom. The maximum absolute atomic E-state index is 13.6. The first kappa shape index (κ1) is 21.0. The van der Waals surface area contributed by atoms with Crippen LogP contribution in [0.1, 0.15) is 16.8 Å². The summed E-state index contributed by atoms with van der Waals surface area (Å²) in [5.41, 5.74) is -0.842. The number of esters is 2. The standard InChI is InChI=1S/C22H19ClN2O6/c1-11-9-12-10-14-15(19(27)25(18(14)26)13-7-5-4-6-8-13)22(20(28)30-2,21(29)31-3)16(12)24-17(11)23/h4-9,14-15H,10H2,1-3H3/t14-,15+/m0/s1. The van der Waals surface area contributed by atoms with Crippen molar-refractivity contribution >= 4 is 41.0 Å². The highest BCUT2D eigenvalue weighted by atomic mass is 35.5. The number of aromatic nitrogens is 1. The number of anilines is 1. The van der Waals surface area contributed by atoms with Crippen LogP contribution in [0.5, 0.6) is 0 Å². The van der Waals surface area contributed by atoms with Gasteiger partial charge in [0.15, 0.2) is 0 Å². The number of carbonyl (C=O) groups is 4. The van der Waals surface area contributed by atoms with Crippen molar-refractivity contribution in [3.8, 4) is 0 Å². The molecule has 31 heavy (non-hydrogen) atoms. The fourth-order valence-corrected chi connectivity index (χ4v) is 4.77. The Labute approximate surface area is 183 Å². The minimum Gasteiger partial charge on any atom is -0.468 e. The molecule has 0 bridgehead atoms. The Kier molecular flexibility index (Phi) is 5.05. The monoisotopic (exact) mass is 442 g/mol. The average molecular weight is 443 g/mol. The van der Waals surface area contributed by atoms with Gasteiger partial charge in [-0.3, -0.25) is 19.2 Å². The van der Waals surface area contributed by atoms with Crippen molar-refractivity contribution < 1.29 is 28.7 Å². The van der Waals surface area contributed by atoms with Crippen molar-refractivity contribution in [2.75, 3.05) is 19.1 Å². The zero-order chi connectivity index (χ0) is 22.5. The lowest BCUT2D eigenvalue weighted by atomic mass is 9.61. The molecule has 0 unspecified atom stereocenters. The molecule has 160 valence electrons. The van der Waals surface area contributed by atoms with E-state index in [2.05, 4.69) is 4.98 Å². The summed E-state index contributed by atoms with van der Waals surface area (Å²) in [4.78, 5) is 58.7. The second-order valence-corrected chi connectivity index (χ2v) is 7.89. The van der Waals surface area contributed by atoms with Crippen molar-refractivity contribution in [3.63, 3.8) is 0 Å². The quantitative estimate of drug-likeness (QED) is 0.310. The number of amides is 2. The number of ether oxygens (including phenoxy) is 2. The molecule has 1 aliphatic carbocycles. The number of rotatable bonds is 3. The summed E-state index contributed by atoms with van der Waals surface area (Å²) in [5.74, 6) is -5.60. The topological polar surface area (TPSA) is 103 Å². The lowest BCUT2D eigenvalue weighted by Crippen LogP contribution is -2.58. The number of aryl methyl sites for hydroxylation is 1. The van der Waals surface area contributed by atoms with Gasteiger partial charge in [0, 0.05) is 0 Å². The van der Waals surface area contributed by atoms with E-state index in [-0.39, 0.29) is 17.3 Å². The summed E-state index contributed by atoms with van der Waals surface area (Å²) in [6.45, 7) is 1.72. The Balaban J connectivity index is 2.02. The van der Waals surface area contributed by atoms with Crippen LogP contribution in [0.15, 0.2) is 36.4 Å². The molecule has 0 N–H and O–H groups in total. The first-order valence-corrected chi connectivity index (χ1v) is 9.93. The van der Waals surface area contributed by atoms with Crippen LogP contribution < -0.4 is 4.90 Å². The molecule has 2 aromatic rings. The third-order valence-electron chi connectivity index (χ3n) is 5.97. The van der Waals surface area contributed by atoms with Crippen molar-refractivity contribution in [2.24, 2.45) is 11.8 Å². The summed E-state index contributed by atoms with van der Waals surface area (Å²) >= 11 is 6.22. The van der Waals surface area contributed by atoms with Crippen molar-refractivity contribution in [1.29, 1.82) is 0 Å². The first-order valence-electron chi connectivity index (χ1n) is 9.55. The van der Waals surface area contributed by atoms with Gasteiger partial charge in [0.25, 0.3) is 0 Å². The molecule has 2 amide bonds. The highest BCUT2D eigenvalue weighted by Gasteiger charge is 2.70. The summed E-state index contributed by atoms with van der Waals surface area (Å²) in [6, 6.07) is 10.0. The Morgan fingerprint density at radius 1 is 1.10 bits per heavy atom. The van der Waals surface area contributed by atoms with Gasteiger partial charge in [0.2, 0.25) is 17.2 Å². The van der Waals surface area contributed by atoms with Crippen LogP contribution in [-0.4, -0.2) is 43.0 Å². The summed E-state index contributed by atoms with van der Waals surface area (Å²) in [6.07, 6.45) is 0.120. The van der Waals surface area contributed by atoms with Gasteiger partial charge < -0.3 is 9.47 Å². The number of carbonyl (C=O) groups excluding carboxylic acids is 4. The van der Waals surface area contributed by atoms with Gasteiger partial charge in [-0.05, 0) is 36.6 Å². The Hall–Kier alpha value is -3.26. The van der Waals surface area contributed by atoms with E-state index in [0.29, 0.717) is 16.8 Å². The SMILES string of the molecule is COC(=O)C1(C(=O)OC)c2nc(Cl)c(C)cc2C[C@@H]2C(=O)N(c3ccccc3)C(=O)[C@@H]21. The van der Waals surface area contributed by atoms with Gasteiger partial charge in [0.05, 0.1) is 37.4 Å². The van der Waals surface area contributed by atoms with Gasteiger partial charge in [-0.1, -0.05) is 35.9 Å². The predicted octanol–water partition coefficient (Wildman–Crippen LogP) is 1.99. The van der Waals surface area contributed by atoms with E-state index < -0.39 is 41.0 Å². The van der Waals surface area contributed by atoms with Crippen LogP contribution in [0.4, 0.5) is 5.69 Å². The maximum atomic E-state index is 13.6. The number of para-hydroxylation sites is 1. The van der Waals surface area contributed by atoms with Gasteiger partial charge in [-0.15, -0.1) is 0 Å². The predicted molar refractivity (Wildman–Crippen MR) is 109 cm³/mol. The van der Waals surface area contributed by atoms with Crippen molar-refractivity contribution in [2.45, 2.75) is 18.8 Å². The average Bonchev–Trinajstić information content (AvgIpc) is 3.02. The van der Waals surface area contributed by atoms with Crippen LogP contribution in [0.3, 0.4) is 0 Å². The summed E-state index contributed by atoms with van der Waals surface area (Å²) in [7, 11) is 2.20. The number of methoxy groups -OCH3 is 2. The number of hydrogen-bond donors (Lipinski definition) is 0. The molecule has 0 radical (unpaired) electrons. The lowest BCUT2D eigenvalue weighted by molar-refractivity contribution is -0.169. The molecule has 8 nitrogen and oxygen atoms in total. The van der Waals surface area contributed by atoms with Crippen LogP contribution in [0, 0.1) is 18.8 Å². The maximum Gasteiger partial charge on any atom is 0.330 e. The molecule has 1 aromatic heterocycles. The third-order valence-corrected chi connectivity index (χ3v) is 6.35. The number of pyridine rings is 1. The fraction of sp³-hybridized carbons (Fsp3) is 0.318. The highest BCUT2D eigenvalue weighted by Crippen LogP contribution is 2.51. The number of nitrogens with zero attached hydrogens (tertiary/aromatic N) is 2. The van der Waals surface area contributed by atoms with E-state index in [1.807, 2.05) is 0 Å². The molecule has 2 aliphatic rings. The minimum absolute atomic E-state index is 0.0147. The van der Waals surface area contributed by atoms with Gasteiger partial charge in [-0.25, -0.2) is 9.88 Å². The molecule has 0 spiro atoms. The van der Waals surface area contributed by atoms with E-state index in [0.717, 1.165) is 19.1 Å². The second-order valence-electron chi connectivity index (χ2n) is 7.53. The lowest BCUT2D eigenvalue weighted by Gasteiger charge is -2.39. The number of hydrogen-bond acceptors (Lipinski definition) is 7. The van der Waals surface area contributed by atoms with Crippen LogP contribution in [0.2, 0.25) is 5.15 Å². The smallest absolute Gasteiger partial charge is 0.330 e. The van der Waals surface area contributed by atoms with Gasteiger partial charge in [-0.2, -0.15) is 0 Å². The van der Waals surface area contributed by atoms with E-state index in [1.54, 1.807) is 43.3 Å². The van der Waals surface area contributed by atoms with Crippen LogP contribution in [0.25, 0.3) is 0 Å². The second kappa shape index (κ2) is 7.46. The normalized spacial score (nSPS) is 21.4. The van der Waals surface area contributed by atoms with Crippen LogP contribution >= 0.6 is 11.6 Å². The molecular formula is C22H19ClN2O6. The van der Waals surface area contributed by atoms with Crippen molar-refractivity contribution in [1.82, 2.24) is 4.98 Å². The zero-order valence-electron chi connectivity index (χ0n) is 17.0. The third kappa shape index (κ3) is 2.78. The number of benzene rings is 1. The summed E-state index contributed by atoms with van der Waals surface area (Å²) < 4.78 is 9.94. The Bertz CT molecular complexity index is 1100. The van der Waals surface area contributed by atoms with Crippen molar-refractivity contribution in [3.05, 3.63) is 58.4 Å².